The number of rotatable bonds is 5. The van der Waals surface area contributed by atoms with E-state index in [4.69, 9.17) is 27.9 Å². The molecule has 0 saturated carbocycles. The van der Waals surface area contributed by atoms with E-state index >= 15 is 0 Å². The van der Waals surface area contributed by atoms with Crippen LogP contribution in [0.4, 0.5) is 5.69 Å². The maximum atomic E-state index is 12.5. The van der Waals surface area contributed by atoms with E-state index in [0.29, 0.717) is 32.4 Å². The van der Waals surface area contributed by atoms with Gasteiger partial charge in [-0.05, 0) is 70.1 Å². The molecule has 0 radical (unpaired) electrons. The van der Waals surface area contributed by atoms with Crippen molar-refractivity contribution in [2.24, 2.45) is 4.99 Å². The Balaban J connectivity index is 1.31. The van der Waals surface area contributed by atoms with Gasteiger partial charge in [-0.1, -0.05) is 77.8 Å². The van der Waals surface area contributed by atoms with Crippen molar-refractivity contribution in [3.8, 4) is 5.75 Å². The van der Waals surface area contributed by atoms with Crippen molar-refractivity contribution in [2.75, 3.05) is 0 Å². The zero-order valence-electron chi connectivity index (χ0n) is 17.8. The Morgan fingerprint density at radius 3 is 2.62 bits per heavy atom. The summed E-state index contributed by atoms with van der Waals surface area (Å²) in [5.74, 6) is 0.529. The lowest BCUT2D eigenvalue weighted by atomic mass is 10.1. The Bertz CT molecular complexity index is 1460. The van der Waals surface area contributed by atoms with Crippen molar-refractivity contribution in [1.82, 2.24) is 5.32 Å². The van der Waals surface area contributed by atoms with Gasteiger partial charge in [0.15, 0.2) is 5.17 Å². The van der Waals surface area contributed by atoms with E-state index in [0.717, 1.165) is 16.9 Å². The van der Waals surface area contributed by atoms with E-state index in [2.05, 4.69) is 34.6 Å². The molecule has 0 aromatic heterocycles. The third-order valence-corrected chi connectivity index (χ3v) is 6.86. The summed E-state index contributed by atoms with van der Waals surface area (Å²) in [6.45, 7) is 0.455. The number of fused-ring (bicyclic) bond motifs is 1. The van der Waals surface area contributed by atoms with E-state index in [9.17, 15) is 4.79 Å². The number of hydrogen-bond acceptors (Lipinski definition) is 4. The highest BCUT2D eigenvalue weighted by atomic mass is 35.5. The van der Waals surface area contributed by atoms with Crippen molar-refractivity contribution in [2.45, 2.75) is 6.61 Å². The second-order valence-corrected chi connectivity index (χ2v) is 9.42. The number of halogens is 2. The van der Waals surface area contributed by atoms with E-state index in [1.54, 1.807) is 18.2 Å². The Hall–Kier alpha value is -3.25. The minimum absolute atomic E-state index is 0.203. The Labute approximate surface area is 211 Å². The van der Waals surface area contributed by atoms with Gasteiger partial charge < -0.3 is 10.1 Å². The van der Waals surface area contributed by atoms with Crippen LogP contribution in [0.1, 0.15) is 11.1 Å². The Morgan fingerprint density at radius 2 is 1.74 bits per heavy atom. The summed E-state index contributed by atoms with van der Waals surface area (Å²) in [7, 11) is 0. The Kier molecular flexibility index (Phi) is 6.59. The molecule has 7 heteroatoms. The summed E-state index contributed by atoms with van der Waals surface area (Å²) in [6.07, 6.45) is 1.82. The second kappa shape index (κ2) is 9.94. The van der Waals surface area contributed by atoms with Crippen LogP contribution >= 0.6 is 35.0 Å². The van der Waals surface area contributed by atoms with Crippen LogP contribution in [-0.2, 0) is 11.4 Å². The van der Waals surface area contributed by atoms with Crippen molar-refractivity contribution < 1.29 is 9.53 Å². The van der Waals surface area contributed by atoms with Gasteiger partial charge in [-0.3, -0.25) is 4.79 Å². The standard InChI is InChI=1S/C27H18Cl2N2O2S/c28-23-12-11-20(15-24(23)29)30-27-31-26(32)25(34-27)14-17-5-3-9-21(13-17)33-16-19-8-4-7-18-6-1-2-10-22(18)19/h1-15H,16H2,(H,30,31,32)/b25-14+. The van der Waals surface area contributed by atoms with E-state index in [-0.39, 0.29) is 5.91 Å². The maximum Gasteiger partial charge on any atom is 0.264 e. The van der Waals surface area contributed by atoms with Crippen LogP contribution in [0.15, 0.2) is 94.8 Å². The number of ether oxygens (including phenoxy) is 1. The first kappa shape index (κ1) is 22.5. The SMILES string of the molecule is O=C1NC(=Nc2ccc(Cl)c(Cl)c2)S/C1=C/c1cccc(OCc2cccc3ccccc23)c1. The van der Waals surface area contributed by atoms with Crippen LogP contribution in [-0.4, -0.2) is 11.1 Å². The number of nitrogens with one attached hydrogen (secondary N) is 1. The zero-order chi connectivity index (χ0) is 23.5. The van der Waals surface area contributed by atoms with Gasteiger partial charge in [0.1, 0.15) is 12.4 Å². The lowest BCUT2D eigenvalue weighted by Gasteiger charge is -2.09. The predicted molar refractivity (Wildman–Crippen MR) is 142 cm³/mol. The molecule has 1 saturated heterocycles. The monoisotopic (exact) mass is 504 g/mol. The first-order chi connectivity index (χ1) is 16.5. The average Bonchev–Trinajstić information content (AvgIpc) is 3.18. The number of carbonyl (C=O) groups excluding carboxylic acids is 1. The number of carbonyl (C=O) groups is 1. The lowest BCUT2D eigenvalue weighted by Crippen LogP contribution is -2.19. The molecule has 1 aliphatic heterocycles. The molecule has 4 aromatic rings. The molecular weight excluding hydrogens is 487 g/mol. The molecule has 1 aliphatic rings. The smallest absolute Gasteiger partial charge is 0.264 e. The van der Waals surface area contributed by atoms with E-state index < -0.39 is 0 Å². The number of thioether (sulfide) groups is 1. The molecule has 1 amide bonds. The van der Waals surface area contributed by atoms with Gasteiger partial charge in [-0.2, -0.15) is 0 Å². The van der Waals surface area contributed by atoms with Gasteiger partial charge in [-0.15, -0.1) is 0 Å². The quantitative estimate of drug-likeness (QED) is 0.284. The molecule has 1 N–H and O–H groups in total. The summed E-state index contributed by atoms with van der Waals surface area (Å²) >= 11 is 13.3. The number of benzene rings is 4. The molecule has 34 heavy (non-hydrogen) atoms. The third kappa shape index (κ3) is 5.12. The van der Waals surface area contributed by atoms with Gasteiger partial charge in [0.05, 0.1) is 20.6 Å². The fourth-order valence-corrected chi connectivity index (χ4v) is 4.71. The van der Waals surface area contributed by atoms with Crippen molar-refractivity contribution in [3.63, 3.8) is 0 Å². The number of aliphatic imine (C=N–C) groups is 1. The average molecular weight is 505 g/mol. The fourth-order valence-electron chi connectivity index (χ4n) is 3.58. The molecule has 0 atom stereocenters. The van der Waals surface area contributed by atoms with E-state index in [1.165, 1.54) is 22.5 Å². The summed E-state index contributed by atoms with van der Waals surface area (Å²) in [6, 6.07) is 27.2. The predicted octanol–water partition coefficient (Wildman–Crippen LogP) is 7.62. The lowest BCUT2D eigenvalue weighted by molar-refractivity contribution is -0.115. The van der Waals surface area contributed by atoms with Crippen LogP contribution in [0.25, 0.3) is 16.8 Å². The fraction of sp³-hybridized carbons (Fsp3) is 0.0370. The highest BCUT2D eigenvalue weighted by Crippen LogP contribution is 2.31. The molecule has 4 aromatic carbocycles. The largest absolute Gasteiger partial charge is 0.489 e. The van der Waals surface area contributed by atoms with Crippen LogP contribution in [0.2, 0.25) is 10.0 Å². The van der Waals surface area contributed by atoms with E-state index in [1.807, 2.05) is 48.5 Å². The van der Waals surface area contributed by atoms with Crippen molar-refractivity contribution in [3.05, 3.63) is 111 Å². The van der Waals surface area contributed by atoms with Crippen LogP contribution in [0.5, 0.6) is 5.75 Å². The number of amidine groups is 1. The maximum absolute atomic E-state index is 12.5. The Morgan fingerprint density at radius 1 is 0.912 bits per heavy atom. The molecule has 0 bridgehead atoms. The molecule has 1 fully saturated rings. The minimum Gasteiger partial charge on any atom is -0.489 e. The second-order valence-electron chi connectivity index (χ2n) is 7.58. The summed E-state index contributed by atoms with van der Waals surface area (Å²) in [5.41, 5.74) is 2.60. The van der Waals surface area contributed by atoms with Crippen molar-refractivity contribution >= 4 is 68.6 Å². The first-order valence-electron chi connectivity index (χ1n) is 10.5. The molecule has 0 unspecified atom stereocenters. The van der Waals surface area contributed by atoms with Crippen LogP contribution in [0.3, 0.4) is 0 Å². The molecule has 1 heterocycles. The van der Waals surface area contributed by atoms with Gasteiger partial charge in [-0.25, -0.2) is 4.99 Å². The molecule has 5 rings (SSSR count). The highest BCUT2D eigenvalue weighted by Gasteiger charge is 2.24. The highest BCUT2D eigenvalue weighted by molar-refractivity contribution is 8.18. The van der Waals surface area contributed by atoms with Gasteiger partial charge in [0.2, 0.25) is 0 Å². The zero-order valence-corrected chi connectivity index (χ0v) is 20.1. The van der Waals surface area contributed by atoms with Gasteiger partial charge in [0, 0.05) is 0 Å². The summed E-state index contributed by atoms with van der Waals surface area (Å²) < 4.78 is 6.07. The number of nitrogens with zero attached hydrogens (tertiary/aromatic N) is 1. The molecule has 0 spiro atoms. The number of hydrogen-bond donors (Lipinski definition) is 1. The molecule has 4 nitrogen and oxygen atoms in total. The minimum atomic E-state index is -0.203. The summed E-state index contributed by atoms with van der Waals surface area (Å²) in [5, 5.41) is 6.50. The normalized spacial score (nSPS) is 15.8. The molecular formula is C27H18Cl2N2O2S. The first-order valence-corrected chi connectivity index (χ1v) is 12.1. The molecule has 0 aliphatic carbocycles. The van der Waals surface area contributed by atoms with Gasteiger partial charge >= 0.3 is 0 Å². The summed E-state index contributed by atoms with van der Waals surface area (Å²) in [4.78, 5) is 17.5. The topological polar surface area (TPSA) is 50.7 Å². The third-order valence-electron chi connectivity index (χ3n) is 5.21. The van der Waals surface area contributed by atoms with Crippen LogP contribution in [0, 0.1) is 0 Å². The van der Waals surface area contributed by atoms with Crippen molar-refractivity contribution in [1.29, 1.82) is 0 Å². The molecule has 168 valence electrons. The van der Waals surface area contributed by atoms with Gasteiger partial charge in [0.25, 0.3) is 5.91 Å². The number of amides is 1. The van der Waals surface area contributed by atoms with Crippen LogP contribution < -0.4 is 10.1 Å².